The minimum atomic E-state index is -2.60. The fourth-order valence-electron chi connectivity index (χ4n) is 3.42. The van der Waals surface area contributed by atoms with E-state index in [1.54, 1.807) is 12.1 Å². The minimum absolute atomic E-state index is 0.0137. The molecule has 1 aliphatic heterocycles. The molecule has 0 radical (unpaired) electrons. The van der Waals surface area contributed by atoms with Gasteiger partial charge in [0.05, 0.1) is 18.3 Å². The van der Waals surface area contributed by atoms with Crippen LogP contribution < -0.4 is 0 Å². The number of benzene rings is 2. The van der Waals surface area contributed by atoms with Crippen LogP contribution in [0.2, 0.25) is 0 Å². The summed E-state index contributed by atoms with van der Waals surface area (Å²) in [7, 11) is 1.08. The summed E-state index contributed by atoms with van der Waals surface area (Å²) in [6, 6.07) is 10.6. The van der Waals surface area contributed by atoms with E-state index < -0.39 is 17.7 Å². The molecule has 0 bridgehead atoms. The lowest BCUT2D eigenvalue weighted by atomic mass is 9.90. The molecule has 1 heterocycles. The van der Waals surface area contributed by atoms with Crippen molar-refractivity contribution in [2.75, 3.05) is 7.11 Å². The lowest BCUT2D eigenvalue weighted by Crippen LogP contribution is -2.41. The number of phenolic OH excluding ortho intramolecular Hbond substituents is 2. The van der Waals surface area contributed by atoms with Gasteiger partial charge >= 0.3 is 17.7 Å². The van der Waals surface area contributed by atoms with E-state index in [2.05, 4.69) is 4.74 Å². The van der Waals surface area contributed by atoms with Crippen molar-refractivity contribution in [3.05, 3.63) is 76.4 Å². The highest BCUT2D eigenvalue weighted by molar-refractivity contribution is 6.11. The molecule has 0 fully saturated rings. The van der Waals surface area contributed by atoms with Gasteiger partial charge in [-0.05, 0) is 55.2 Å². The van der Waals surface area contributed by atoms with E-state index in [-0.39, 0.29) is 29.1 Å². The zero-order chi connectivity index (χ0) is 22.8. The third-order valence-electron chi connectivity index (χ3n) is 5.00. The normalized spacial score (nSPS) is 18.0. The third-order valence-corrected chi connectivity index (χ3v) is 5.00. The molecule has 1 aliphatic rings. The average Bonchev–Trinajstić information content (AvgIpc) is 2.99. The number of hydrogen-bond donors (Lipinski definition) is 3. The van der Waals surface area contributed by atoms with Gasteiger partial charge < -0.3 is 24.8 Å². The molecule has 7 nitrogen and oxygen atoms in total. The van der Waals surface area contributed by atoms with E-state index >= 15 is 0 Å². The molecule has 3 N–H and O–H groups in total. The van der Waals surface area contributed by atoms with Crippen molar-refractivity contribution in [1.82, 2.24) is 0 Å². The molecule has 162 valence electrons. The standard InChI is InChI=1S/C24H24O7/c1-14(2)4-6-17-12-15(5-11-20(17)26)13-19-21(16-7-9-18(25)10-8-16)24(29,23(28)30-3)31-22(19)27/h4-5,7-12,25-26,29H,6,13H2,1-3H3/t24-/m1/s1. The second kappa shape index (κ2) is 8.65. The molecule has 0 aromatic heterocycles. The van der Waals surface area contributed by atoms with Crippen molar-refractivity contribution >= 4 is 17.5 Å². The molecule has 0 saturated carbocycles. The van der Waals surface area contributed by atoms with Crippen molar-refractivity contribution in [2.45, 2.75) is 32.5 Å². The lowest BCUT2D eigenvalue weighted by Gasteiger charge is -2.22. The second-order valence-electron chi connectivity index (χ2n) is 7.55. The number of aliphatic hydroxyl groups is 1. The number of carbonyl (C=O) groups is 2. The van der Waals surface area contributed by atoms with Crippen LogP contribution in [0.5, 0.6) is 11.5 Å². The molecule has 0 aliphatic carbocycles. The van der Waals surface area contributed by atoms with Gasteiger partial charge in [0.15, 0.2) is 0 Å². The number of ether oxygens (including phenoxy) is 2. The van der Waals surface area contributed by atoms with Crippen molar-refractivity contribution in [3.8, 4) is 11.5 Å². The first kappa shape index (κ1) is 22.1. The molecule has 0 spiro atoms. The molecule has 0 saturated heterocycles. The molecule has 0 amide bonds. The molecular weight excluding hydrogens is 400 g/mol. The third kappa shape index (κ3) is 4.46. The quantitative estimate of drug-likeness (QED) is 0.482. The zero-order valence-corrected chi connectivity index (χ0v) is 17.5. The highest BCUT2D eigenvalue weighted by Crippen LogP contribution is 2.41. The van der Waals surface area contributed by atoms with Crippen molar-refractivity contribution < 1.29 is 34.4 Å². The Labute approximate surface area is 179 Å². The molecule has 31 heavy (non-hydrogen) atoms. The van der Waals surface area contributed by atoms with Crippen LogP contribution in [0, 0.1) is 0 Å². The van der Waals surface area contributed by atoms with Gasteiger partial charge in [-0.3, -0.25) is 0 Å². The summed E-state index contributed by atoms with van der Waals surface area (Å²) >= 11 is 0. The number of hydrogen-bond acceptors (Lipinski definition) is 7. The number of cyclic esters (lactones) is 1. The Hall–Kier alpha value is -3.58. The fourth-order valence-corrected chi connectivity index (χ4v) is 3.42. The molecule has 1 atom stereocenters. The Morgan fingerprint density at radius 1 is 1.13 bits per heavy atom. The van der Waals surface area contributed by atoms with Gasteiger partial charge in [-0.1, -0.05) is 35.9 Å². The Morgan fingerprint density at radius 2 is 1.81 bits per heavy atom. The molecule has 7 heteroatoms. The fraction of sp³-hybridized carbons (Fsp3) is 0.250. The Bertz CT molecular complexity index is 1080. The predicted molar refractivity (Wildman–Crippen MR) is 113 cm³/mol. The van der Waals surface area contributed by atoms with Crippen LogP contribution in [0.1, 0.15) is 30.5 Å². The summed E-state index contributed by atoms with van der Waals surface area (Å²) < 4.78 is 9.72. The second-order valence-corrected chi connectivity index (χ2v) is 7.55. The maximum Gasteiger partial charge on any atom is 0.384 e. The van der Waals surface area contributed by atoms with Gasteiger partial charge in [0, 0.05) is 6.42 Å². The molecule has 3 rings (SSSR count). The highest BCUT2D eigenvalue weighted by atomic mass is 16.7. The van der Waals surface area contributed by atoms with Crippen LogP contribution >= 0.6 is 0 Å². The largest absolute Gasteiger partial charge is 0.508 e. The van der Waals surface area contributed by atoms with Crippen LogP contribution in [0.3, 0.4) is 0 Å². The molecule has 0 unspecified atom stereocenters. The minimum Gasteiger partial charge on any atom is -0.508 e. The Kier molecular flexibility index (Phi) is 6.17. The Balaban J connectivity index is 2.10. The number of phenols is 2. The van der Waals surface area contributed by atoms with Crippen LogP contribution in [0.25, 0.3) is 5.57 Å². The van der Waals surface area contributed by atoms with E-state index in [0.29, 0.717) is 23.1 Å². The van der Waals surface area contributed by atoms with Crippen molar-refractivity contribution in [1.29, 1.82) is 0 Å². The van der Waals surface area contributed by atoms with E-state index in [1.165, 1.54) is 30.3 Å². The van der Waals surface area contributed by atoms with Gasteiger partial charge in [-0.15, -0.1) is 0 Å². The smallest absolute Gasteiger partial charge is 0.384 e. The summed E-state index contributed by atoms with van der Waals surface area (Å²) in [6.45, 7) is 3.91. The molecular formula is C24H24O7. The van der Waals surface area contributed by atoms with E-state index in [1.807, 2.05) is 19.9 Å². The Morgan fingerprint density at radius 3 is 2.42 bits per heavy atom. The van der Waals surface area contributed by atoms with Crippen LogP contribution in [-0.2, 0) is 31.9 Å². The summed E-state index contributed by atoms with van der Waals surface area (Å²) in [5.74, 6) is -4.46. The maximum atomic E-state index is 12.7. The number of esters is 2. The van der Waals surface area contributed by atoms with E-state index in [0.717, 1.165) is 12.7 Å². The number of aromatic hydroxyl groups is 2. The summed E-state index contributed by atoms with van der Waals surface area (Å²) in [5.41, 5.74) is 2.84. The van der Waals surface area contributed by atoms with Crippen molar-refractivity contribution in [2.24, 2.45) is 0 Å². The predicted octanol–water partition coefficient (Wildman–Crippen LogP) is 3.02. The van der Waals surface area contributed by atoms with Crippen LogP contribution in [0.15, 0.2) is 59.7 Å². The van der Waals surface area contributed by atoms with Gasteiger partial charge in [-0.2, -0.15) is 0 Å². The number of carbonyl (C=O) groups excluding carboxylic acids is 2. The summed E-state index contributed by atoms with van der Waals surface area (Å²) in [4.78, 5) is 25.0. The first-order valence-electron chi connectivity index (χ1n) is 9.67. The van der Waals surface area contributed by atoms with E-state index in [9.17, 15) is 24.9 Å². The van der Waals surface area contributed by atoms with Crippen LogP contribution in [-0.4, -0.2) is 40.2 Å². The SMILES string of the molecule is COC(=O)[C@]1(O)OC(=O)C(Cc2ccc(O)c(CC=C(C)C)c2)=C1c1ccc(O)cc1. The topological polar surface area (TPSA) is 113 Å². The molecule has 2 aromatic carbocycles. The average molecular weight is 424 g/mol. The summed E-state index contributed by atoms with van der Waals surface area (Å²) in [5, 5.41) is 30.7. The zero-order valence-electron chi connectivity index (χ0n) is 17.5. The van der Waals surface area contributed by atoms with Crippen LogP contribution in [0.4, 0.5) is 0 Å². The van der Waals surface area contributed by atoms with Gasteiger partial charge in [-0.25, -0.2) is 9.59 Å². The first-order valence-corrected chi connectivity index (χ1v) is 9.67. The first-order chi connectivity index (χ1) is 14.7. The monoisotopic (exact) mass is 424 g/mol. The number of rotatable bonds is 6. The van der Waals surface area contributed by atoms with E-state index in [4.69, 9.17) is 4.74 Å². The van der Waals surface area contributed by atoms with Gasteiger partial charge in [0.25, 0.3) is 0 Å². The maximum absolute atomic E-state index is 12.7. The molecule has 2 aromatic rings. The summed E-state index contributed by atoms with van der Waals surface area (Å²) in [6.07, 6.45) is 2.54. The highest BCUT2D eigenvalue weighted by Gasteiger charge is 2.54. The van der Waals surface area contributed by atoms with Gasteiger partial charge in [0.2, 0.25) is 0 Å². The van der Waals surface area contributed by atoms with Gasteiger partial charge in [0.1, 0.15) is 11.5 Å². The lowest BCUT2D eigenvalue weighted by molar-refractivity contribution is -0.200. The number of allylic oxidation sites excluding steroid dienone is 2. The van der Waals surface area contributed by atoms with Crippen molar-refractivity contribution in [3.63, 3.8) is 0 Å². The number of methoxy groups -OCH3 is 1.